The molecule has 3 heterocycles. The number of aliphatic imine (C=N–C) groups is 3. The largest absolute Gasteiger partial charge is 0.490 e. The quantitative estimate of drug-likeness (QED) is 0.0633. The van der Waals surface area contributed by atoms with Crippen LogP contribution in [-0.4, -0.2) is 121 Å². The van der Waals surface area contributed by atoms with Crippen LogP contribution in [-0.2, 0) is 14.4 Å². The Labute approximate surface area is 226 Å². The Morgan fingerprint density at radius 1 is 0.881 bits per heavy atom. The Bertz CT molecular complexity index is 1050. The van der Waals surface area contributed by atoms with Crippen LogP contribution in [0.2, 0.25) is 0 Å². The molecule has 3 rings (SSSR count). The van der Waals surface area contributed by atoms with Crippen molar-refractivity contribution in [2.45, 2.75) is 48.5 Å². The molecule has 0 bridgehead atoms. The van der Waals surface area contributed by atoms with Gasteiger partial charge in [-0.3, -0.25) is 4.99 Å². The van der Waals surface area contributed by atoms with Gasteiger partial charge in [-0.05, 0) is 0 Å². The van der Waals surface area contributed by atoms with Gasteiger partial charge in [0.05, 0.1) is 6.54 Å². The van der Waals surface area contributed by atoms with E-state index in [1.807, 2.05) is 0 Å². The van der Waals surface area contributed by atoms with Crippen LogP contribution in [0.15, 0.2) is 15.0 Å². The lowest BCUT2D eigenvalue weighted by atomic mass is 9.86. The molecule has 1 saturated heterocycles. The van der Waals surface area contributed by atoms with Crippen molar-refractivity contribution in [2.75, 3.05) is 13.1 Å². The number of guanidine groups is 3. The van der Waals surface area contributed by atoms with Crippen molar-refractivity contribution in [3.05, 3.63) is 0 Å². The SMILES string of the molecule is NC(N)=NC[C@@H]1N=C(N)N2CCC(O)(O)[C@@]23NC(N)=N[C@@H]13.O=C(O)C(F)(F)F.O=C(O)C(F)(F)F.O=C(O)C(F)(F)F. The zero-order valence-corrected chi connectivity index (χ0v) is 20.2. The van der Waals surface area contributed by atoms with E-state index in [9.17, 15) is 49.7 Å². The summed E-state index contributed by atoms with van der Waals surface area (Å²) in [5.74, 6) is -10.1. The van der Waals surface area contributed by atoms with Gasteiger partial charge in [0.15, 0.2) is 23.5 Å². The highest BCUT2D eigenvalue weighted by Gasteiger charge is 2.69. The number of carbonyl (C=O) groups is 3. The Morgan fingerprint density at radius 3 is 1.60 bits per heavy atom. The molecule has 1 fully saturated rings. The van der Waals surface area contributed by atoms with Crippen molar-refractivity contribution in [1.82, 2.24) is 10.2 Å². The Morgan fingerprint density at radius 2 is 1.26 bits per heavy atom. The first-order chi connectivity index (χ1) is 18.6. The highest BCUT2D eigenvalue weighted by atomic mass is 19.4. The van der Waals surface area contributed by atoms with Crippen molar-refractivity contribution in [3.8, 4) is 0 Å². The van der Waals surface area contributed by atoms with Gasteiger partial charge in [-0.1, -0.05) is 0 Å². The Balaban J connectivity index is 0.000000660. The summed E-state index contributed by atoms with van der Waals surface area (Å²) in [5, 5.41) is 45.0. The molecular weight excluding hydrogens is 617 g/mol. The van der Waals surface area contributed by atoms with Gasteiger partial charge in [0.2, 0.25) is 5.79 Å². The number of rotatable bonds is 2. The number of halogens is 9. The fourth-order valence-corrected chi connectivity index (χ4v) is 3.27. The molecule has 0 saturated carbocycles. The van der Waals surface area contributed by atoms with E-state index in [1.54, 1.807) is 4.90 Å². The molecule has 17 nitrogen and oxygen atoms in total. The lowest BCUT2D eigenvalue weighted by Gasteiger charge is -2.48. The minimum atomic E-state index is -5.08. The number of aliphatic carboxylic acids is 3. The van der Waals surface area contributed by atoms with E-state index in [0.717, 1.165) is 0 Å². The highest BCUT2D eigenvalue weighted by Crippen LogP contribution is 2.44. The lowest BCUT2D eigenvalue weighted by molar-refractivity contribution is -0.220. The molecule has 3 aliphatic heterocycles. The Kier molecular flexibility index (Phi) is 11.6. The molecule has 42 heavy (non-hydrogen) atoms. The molecular formula is C16H22F9N9O8. The predicted octanol–water partition coefficient (Wildman–Crippen LogP) is -2.77. The summed E-state index contributed by atoms with van der Waals surface area (Å²) in [6, 6.07) is -1.21. The first-order valence-corrected chi connectivity index (χ1v) is 10.2. The molecule has 0 amide bonds. The fourth-order valence-electron chi connectivity index (χ4n) is 3.27. The fraction of sp³-hybridized carbons (Fsp3) is 0.625. The van der Waals surface area contributed by atoms with Crippen molar-refractivity contribution in [2.24, 2.45) is 37.9 Å². The van der Waals surface area contributed by atoms with E-state index in [1.165, 1.54) is 0 Å². The summed E-state index contributed by atoms with van der Waals surface area (Å²) < 4.78 is 95.2. The third kappa shape index (κ3) is 9.56. The van der Waals surface area contributed by atoms with Crippen molar-refractivity contribution in [3.63, 3.8) is 0 Å². The second kappa shape index (κ2) is 13.0. The molecule has 3 atom stereocenters. The molecule has 242 valence electrons. The van der Waals surface area contributed by atoms with E-state index in [4.69, 9.17) is 52.6 Å². The first-order valence-electron chi connectivity index (χ1n) is 10.2. The maximum atomic E-state index is 10.6. The van der Waals surface area contributed by atoms with Crippen LogP contribution < -0.4 is 28.3 Å². The predicted molar refractivity (Wildman–Crippen MR) is 117 cm³/mol. The maximum absolute atomic E-state index is 10.6. The van der Waals surface area contributed by atoms with E-state index < -0.39 is 60.0 Å². The number of hydrogen-bond acceptors (Lipinski definition) is 12. The van der Waals surface area contributed by atoms with Gasteiger partial charge >= 0.3 is 36.4 Å². The molecule has 26 heteroatoms. The number of aliphatic hydroxyl groups is 2. The number of nitrogens with two attached hydrogens (primary N) is 4. The van der Waals surface area contributed by atoms with Gasteiger partial charge < -0.3 is 58.7 Å². The topological polar surface area (TPSA) is 309 Å². The standard InChI is InChI=1S/C10H19N9O2.3C2HF3O2/c11-6(12)15-3-4-5-10(18-7(13)17-5)9(20,21)1-2-19(10)8(14)16-4;3*3-2(4,5)1(6)7/h4-5,20-21H,1-3H2,(H2,14,16)(H4,11,12,15)(H3,13,17,18);3*(H,6,7)/t4-,5-,10-;;;/m0.../s1. The first kappa shape index (κ1) is 37.5. The van der Waals surface area contributed by atoms with E-state index in [2.05, 4.69) is 20.3 Å². The van der Waals surface area contributed by atoms with E-state index in [-0.39, 0.29) is 30.8 Å². The minimum Gasteiger partial charge on any atom is -0.475 e. The second-order valence-corrected chi connectivity index (χ2v) is 7.80. The molecule has 3 aliphatic rings. The summed E-state index contributed by atoms with van der Waals surface area (Å²) in [4.78, 5) is 40.7. The second-order valence-electron chi connectivity index (χ2n) is 7.80. The molecule has 0 aromatic heterocycles. The molecule has 0 aliphatic carbocycles. The lowest BCUT2D eigenvalue weighted by Crippen LogP contribution is -2.76. The van der Waals surface area contributed by atoms with Crippen LogP contribution in [0.25, 0.3) is 0 Å². The zero-order chi connectivity index (χ0) is 33.6. The third-order valence-electron chi connectivity index (χ3n) is 4.87. The smallest absolute Gasteiger partial charge is 0.475 e. The van der Waals surface area contributed by atoms with Gasteiger partial charge in [0, 0.05) is 13.0 Å². The molecule has 0 aromatic carbocycles. The van der Waals surface area contributed by atoms with Gasteiger partial charge in [-0.25, -0.2) is 24.4 Å². The summed E-state index contributed by atoms with van der Waals surface area (Å²) in [6.45, 7) is 0.446. The van der Waals surface area contributed by atoms with Gasteiger partial charge in [0.1, 0.15) is 12.1 Å². The van der Waals surface area contributed by atoms with Crippen LogP contribution in [0.3, 0.4) is 0 Å². The molecule has 0 unspecified atom stereocenters. The van der Waals surface area contributed by atoms with Crippen molar-refractivity contribution >= 4 is 35.8 Å². The number of nitrogens with zero attached hydrogens (tertiary/aromatic N) is 4. The molecule has 1 spiro atoms. The van der Waals surface area contributed by atoms with Crippen LogP contribution in [0.5, 0.6) is 0 Å². The van der Waals surface area contributed by atoms with Crippen LogP contribution in [0.1, 0.15) is 6.42 Å². The number of carboxylic acids is 3. The summed E-state index contributed by atoms with van der Waals surface area (Å²) in [7, 11) is 0. The van der Waals surface area contributed by atoms with E-state index >= 15 is 0 Å². The Hall–Kier alpha value is -4.49. The van der Waals surface area contributed by atoms with Gasteiger partial charge in [-0.2, -0.15) is 39.5 Å². The third-order valence-corrected chi connectivity index (χ3v) is 4.87. The minimum absolute atomic E-state index is 0.0878. The number of carboxylic acid groups (broad SMARTS) is 3. The van der Waals surface area contributed by atoms with Crippen LogP contribution >= 0.6 is 0 Å². The maximum Gasteiger partial charge on any atom is 0.490 e. The van der Waals surface area contributed by atoms with Crippen molar-refractivity contribution in [1.29, 1.82) is 0 Å². The van der Waals surface area contributed by atoms with Crippen LogP contribution in [0, 0.1) is 0 Å². The van der Waals surface area contributed by atoms with Gasteiger partial charge in [-0.15, -0.1) is 0 Å². The van der Waals surface area contributed by atoms with Gasteiger partial charge in [0.25, 0.3) is 0 Å². The monoisotopic (exact) mass is 639 g/mol. The average molecular weight is 639 g/mol. The highest BCUT2D eigenvalue weighted by molar-refractivity contribution is 5.87. The number of alkyl halides is 9. The summed E-state index contributed by atoms with van der Waals surface area (Å²) >= 11 is 0. The molecule has 14 N–H and O–H groups in total. The average Bonchev–Trinajstić information content (AvgIpc) is 3.27. The summed E-state index contributed by atoms with van der Waals surface area (Å²) in [5.41, 5.74) is 21.0. The number of nitrogens with one attached hydrogen (secondary N) is 1. The normalized spacial score (nSPS) is 23.7. The molecule has 0 radical (unpaired) electrons. The molecule has 0 aromatic rings. The number of hydrogen-bond donors (Lipinski definition) is 10. The zero-order valence-electron chi connectivity index (χ0n) is 20.2. The van der Waals surface area contributed by atoms with Crippen molar-refractivity contribution < 1.29 is 79.4 Å². The van der Waals surface area contributed by atoms with E-state index in [0.29, 0.717) is 6.54 Å². The summed E-state index contributed by atoms with van der Waals surface area (Å²) in [6.07, 6.45) is -15.2. The van der Waals surface area contributed by atoms with Crippen LogP contribution in [0.4, 0.5) is 39.5 Å².